The number of nitrogens with zero attached hydrogens (tertiary/aromatic N) is 2. The van der Waals surface area contributed by atoms with Crippen LogP contribution in [-0.2, 0) is 14.3 Å². The first kappa shape index (κ1) is 13.7. The quantitative estimate of drug-likeness (QED) is 0.634. The SMILES string of the molecule is CCOC(=O)CC(=O)Nc1cc(-c2ccncc2)[nH]n1. The van der Waals surface area contributed by atoms with Gasteiger partial charge in [-0.3, -0.25) is 19.7 Å². The van der Waals surface area contributed by atoms with Gasteiger partial charge in [0.2, 0.25) is 5.91 Å². The molecule has 0 unspecified atom stereocenters. The molecule has 0 spiro atoms. The average molecular weight is 274 g/mol. The number of nitrogens with one attached hydrogen (secondary N) is 2. The third kappa shape index (κ3) is 3.64. The van der Waals surface area contributed by atoms with Gasteiger partial charge in [0, 0.05) is 24.0 Å². The maximum atomic E-state index is 11.6. The van der Waals surface area contributed by atoms with E-state index in [9.17, 15) is 9.59 Å². The highest BCUT2D eigenvalue weighted by atomic mass is 16.5. The number of hydrogen-bond donors (Lipinski definition) is 2. The Labute approximate surface area is 115 Å². The van der Waals surface area contributed by atoms with Gasteiger partial charge < -0.3 is 10.1 Å². The molecule has 0 saturated heterocycles. The summed E-state index contributed by atoms with van der Waals surface area (Å²) in [6.07, 6.45) is 3.00. The van der Waals surface area contributed by atoms with E-state index in [1.807, 2.05) is 12.1 Å². The summed E-state index contributed by atoms with van der Waals surface area (Å²) in [6.45, 7) is 1.94. The number of ether oxygens (including phenoxy) is 1. The van der Waals surface area contributed by atoms with E-state index in [2.05, 4.69) is 25.2 Å². The second kappa shape index (κ2) is 6.46. The van der Waals surface area contributed by atoms with Gasteiger partial charge in [-0.1, -0.05) is 0 Å². The molecular formula is C13H14N4O3. The normalized spacial score (nSPS) is 10.1. The molecule has 2 aromatic heterocycles. The van der Waals surface area contributed by atoms with Crippen LogP contribution in [0, 0.1) is 0 Å². The highest BCUT2D eigenvalue weighted by molar-refractivity contribution is 6.01. The van der Waals surface area contributed by atoms with Crippen LogP contribution in [0.5, 0.6) is 0 Å². The van der Waals surface area contributed by atoms with Crippen molar-refractivity contribution in [1.29, 1.82) is 0 Å². The van der Waals surface area contributed by atoms with Crippen molar-refractivity contribution in [2.24, 2.45) is 0 Å². The molecule has 0 radical (unpaired) electrons. The van der Waals surface area contributed by atoms with Crippen LogP contribution in [-0.4, -0.2) is 33.7 Å². The standard InChI is InChI=1S/C13H14N4O3/c1-2-20-13(19)8-12(18)15-11-7-10(16-17-11)9-3-5-14-6-4-9/h3-7H,2,8H2,1H3,(H2,15,16,17,18). The minimum atomic E-state index is -0.560. The summed E-state index contributed by atoms with van der Waals surface area (Å²) in [6, 6.07) is 5.31. The van der Waals surface area contributed by atoms with Crippen LogP contribution < -0.4 is 5.32 Å². The Morgan fingerprint density at radius 2 is 2.10 bits per heavy atom. The molecule has 0 bridgehead atoms. The Bertz CT molecular complexity index is 595. The summed E-state index contributed by atoms with van der Waals surface area (Å²) in [5.41, 5.74) is 1.65. The molecule has 2 heterocycles. The van der Waals surface area contributed by atoms with Gasteiger partial charge in [0.25, 0.3) is 0 Å². The van der Waals surface area contributed by atoms with Gasteiger partial charge in [-0.25, -0.2) is 0 Å². The van der Waals surface area contributed by atoms with Gasteiger partial charge in [0.1, 0.15) is 6.42 Å². The number of aromatic amines is 1. The number of hydrogen-bond acceptors (Lipinski definition) is 5. The van der Waals surface area contributed by atoms with Gasteiger partial charge >= 0.3 is 5.97 Å². The highest BCUT2D eigenvalue weighted by Gasteiger charge is 2.12. The van der Waals surface area contributed by atoms with Crippen molar-refractivity contribution in [3.63, 3.8) is 0 Å². The largest absolute Gasteiger partial charge is 0.466 e. The van der Waals surface area contributed by atoms with Crippen molar-refractivity contribution >= 4 is 17.7 Å². The zero-order valence-electron chi connectivity index (χ0n) is 10.9. The van der Waals surface area contributed by atoms with E-state index in [1.54, 1.807) is 25.4 Å². The number of rotatable bonds is 5. The highest BCUT2D eigenvalue weighted by Crippen LogP contribution is 2.18. The molecule has 20 heavy (non-hydrogen) atoms. The average Bonchev–Trinajstić information content (AvgIpc) is 2.88. The molecular weight excluding hydrogens is 260 g/mol. The topological polar surface area (TPSA) is 97.0 Å². The predicted octanol–water partition coefficient (Wildman–Crippen LogP) is 1.36. The summed E-state index contributed by atoms with van der Waals surface area (Å²) < 4.78 is 4.69. The molecule has 7 nitrogen and oxygen atoms in total. The molecule has 104 valence electrons. The molecule has 0 aliphatic carbocycles. The zero-order chi connectivity index (χ0) is 14.4. The molecule has 1 amide bonds. The summed E-state index contributed by atoms with van der Waals surface area (Å²) in [7, 11) is 0. The Balaban J connectivity index is 1.96. The molecule has 0 fully saturated rings. The van der Waals surface area contributed by atoms with E-state index in [4.69, 9.17) is 0 Å². The molecule has 0 aliphatic rings. The van der Waals surface area contributed by atoms with E-state index < -0.39 is 11.9 Å². The minimum absolute atomic E-state index is 0.251. The Morgan fingerprint density at radius 1 is 1.35 bits per heavy atom. The van der Waals surface area contributed by atoms with E-state index in [0.717, 1.165) is 11.3 Å². The Kier molecular flexibility index (Phi) is 4.43. The van der Waals surface area contributed by atoms with Crippen LogP contribution in [0.2, 0.25) is 0 Å². The van der Waals surface area contributed by atoms with Crippen molar-refractivity contribution in [3.05, 3.63) is 30.6 Å². The van der Waals surface area contributed by atoms with E-state index in [1.165, 1.54) is 0 Å². The molecule has 0 saturated carbocycles. The second-order valence-electron chi connectivity index (χ2n) is 3.93. The molecule has 0 atom stereocenters. The number of anilines is 1. The molecule has 0 aromatic carbocycles. The maximum absolute atomic E-state index is 11.6. The minimum Gasteiger partial charge on any atom is -0.466 e. The van der Waals surface area contributed by atoms with Gasteiger partial charge in [-0.2, -0.15) is 5.10 Å². The third-order valence-electron chi connectivity index (χ3n) is 2.45. The first-order valence-corrected chi connectivity index (χ1v) is 6.10. The van der Waals surface area contributed by atoms with Crippen molar-refractivity contribution < 1.29 is 14.3 Å². The zero-order valence-corrected chi connectivity index (χ0v) is 10.9. The molecule has 7 heteroatoms. The molecule has 0 aliphatic heterocycles. The van der Waals surface area contributed by atoms with Crippen molar-refractivity contribution in [3.8, 4) is 11.3 Å². The van der Waals surface area contributed by atoms with Gasteiger partial charge in [0.15, 0.2) is 5.82 Å². The summed E-state index contributed by atoms with van der Waals surface area (Å²) >= 11 is 0. The summed E-state index contributed by atoms with van der Waals surface area (Å²) in [5.74, 6) is -0.669. The van der Waals surface area contributed by atoms with E-state index in [-0.39, 0.29) is 13.0 Å². The van der Waals surface area contributed by atoms with Crippen LogP contribution in [0.3, 0.4) is 0 Å². The van der Waals surface area contributed by atoms with Crippen molar-refractivity contribution in [2.45, 2.75) is 13.3 Å². The number of amides is 1. The summed E-state index contributed by atoms with van der Waals surface area (Å²) in [4.78, 5) is 26.6. The van der Waals surface area contributed by atoms with Crippen LogP contribution >= 0.6 is 0 Å². The Hall–Kier alpha value is -2.70. The fraction of sp³-hybridized carbons (Fsp3) is 0.231. The smallest absolute Gasteiger partial charge is 0.315 e. The molecule has 2 aromatic rings. The lowest BCUT2D eigenvalue weighted by Crippen LogP contribution is -2.18. The van der Waals surface area contributed by atoms with Crippen LogP contribution in [0.1, 0.15) is 13.3 Å². The summed E-state index contributed by atoms with van der Waals surface area (Å²) in [5, 5.41) is 9.28. The molecule has 2 N–H and O–H groups in total. The lowest BCUT2D eigenvalue weighted by Gasteiger charge is -2.01. The Morgan fingerprint density at radius 3 is 2.80 bits per heavy atom. The van der Waals surface area contributed by atoms with Crippen LogP contribution in [0.25, 0.3) is 11.3 Å². The van der Waals surface area contributed by atoms with Gasteiger partial charge in [-0.05, 0) is 19.1 Å². The first-order valence-electron chi connectivity index (χ1n) is 6.10. The number of pyridine rings is 1. The van der Waals surface area contributed by atoms with Gasteiger partial charge in [0.05, 0.1) is 12.3 Å². The lowest BCUT2D eigenvalue weighted by atomic mass is 10.2. The van der Waals surface area contributed by atoms with Crippen LogP contribution in [0.15, 0.2) is 30.6 Å². The first-order chi connectivity index (χ1) is 9.69. The number of H-pyrrole nitrogens is 1. The van der Waals surface area contributed by atoms with E-state index >= 15 is 0 Å². The fourth-order valence-corrected chi connectivity index (χ4v) is 1.60. The van der Waals surface area contributed by atoms with Gasteiger partial charge in [-0.15, -0.1) is 0 Å². The van der Waals surface area contributed by atoms with Crippen molar-refractivity contribution in [2.75, 3.05) is 11.9 Å². The van der Waals surface area contributed by atoms with E-state index in [0.29, 0.717) is 5.82 Å². The predicted molar refractivity (Wildman–Crippen MR) is 71.7 cm³/mol. The third-order valence-corrected chi connectivity index (χ3v) is 2.45. The molecule has 2 rings (SSSR count). The lowest BCUT2D eigenvalue weighted by molar-refractivity contribution is -0.145. The maximum Gasteiger partial charge on any atom is 0.315 e. The second-order valence-corrected chi connectivity index (χ2v) is 3.93. The monoisotopic (exact) mass is 274 g/mol. The van der Waals surface area contributed by atoms with Crippen LogP contribution in [0.4, 0.5) is 5.82 Å². The number of carbonyl (C=O) groups is 2. The number of aromatic nitrogens is 3. The number of esters is 1. The number of carbonyl (C=O) groups excluding carboxylic acids is 2. The fourth-order valence-electron chi connectivity index (χ4n) is 1.60. The van der Waals surface area contributed by atoms with Crippen molar-refractivity contribution in [1.82, 2.24) is 15.2 Å².